The number of unbranched alkanes of at least 4 members (excludes halogenated alkanes) is 1. The van der Waals surface area contributed by atoms with Gasteiger partial charge >= 0.3 is 6.18 Å². The van der Waals surface area contributed by atoms with Crippen LogP contribution in [0.5, 0.6) is 0 Å². The van der Waals surface area contributed by atoms with Crippen LogP contribution in [0.15, 0.2) is 0 Å². The largest absolute Gasteiger partial charge is 0.390 e. The van der Waals surface area contributed by atoms with Gasteiger partial charge in [0.2, 0.25) is 0 Å². The monoisotopic (exact) mass is 253 g/mol. The molecule has 1 aliphatic heterocycles. The van der Waals surface area contributed by atoms with Crippen molar-refractivity contribution in [2.45, 2.75) is 44.7 Å². The molecule has 0 spiro atoms. The van der Waals surface area contributed by atoms with E-state index in [1.54, 1.807) is 0 Å². The molecule has 0 amide bonds. The zero-order valence-corrected chi connectivity index (χ0v) is 10.2. The van der Waals surface area contributed by atoms with Gasteiger partial charge in [-0.1, -0.05) is 12.8 Å². The van der Waals surface area contributed by atoms with Crippen LogP contribution in [0.3, 0.4) is 0 Å². The summed E-state index contributed by atoms with van der Waals surface area (Å²) in [5.41, 5.74) is 0. The minimum Gasteiger partial charge on any atom is -0.381 e. The normalized spacial score (nSPS) is 18.5. The highest BCUT2D eigenvalue weighted by Gasteiger charge is 2.25. The molecule has 0 aliphatic carbocycles. The summed E-state index contributed by atoms with van der Waals surface area (Å²) in [5, 5.41) is 2.83. The Hall–Kier alpha value is -0.290. The summed E-state index contributed by atoms with van der Waals surface area (Å²) < 4.78 is 40.7. The van der Waals surface area contributed by atoms with Crippen molar-refractivity contribution < 1.29 is 17.9 Å². The smallest absolute Gasteiger partial charge is 0.381 e. The van der Waals surface area contributed by atoms with Gasteiger partial charge in [0.25, 0.3) is 0 Å². The van der Waals surface area contributed by atoms with Gasteiger partial charge < -0.3 is 10.1 Å². The first-order valence-electron chi connectivity index (χ1n) is 6.43. The average molecular weight is 253 g/mol. The first-order chi connectivity index (χ1) is 8.08. The highest BCUT2D eigenvalue weighted by Crippen LogP contribution is 2.20. The topological polar surface area (TPSA) is 21.3 Å². The van der Waals surface area contributed by atoms with Crippen LogP contribution in [0.4, 0.5) is 13.2 Å². The van der Waals surface area contributed by atoms with Gasteiger partial charge in [-0.15, -0.1) is 0 Å². The second kappa shape index (κ2) is 7.93. The Balaban J connectivity index is 1.84. The van der Waals surface area contributed by atoms with Gasteiger partial charge in [0.05, 0.1) is 6.42 Å². The Morgan fingerprint density at radius 1 is 1.06 bits per heavy atom. The summed E-state index contributed by atoms with van der Waals surface area (Å²) >= 11 is 0. The van der Waals surface area contributed by atoms with Crippen molar-refractivity contribution >= 4 is 0 Å². The van der Waals surface area contributed by atoms with Crippen molar-refractivity contribution in [1.29, 1.82) is 0 Å². The van der Waals surface area contributed by atoms with Crippen molar-refractivity contribution in [3.8, 4) is 0 Å². The maximum Gasteiger partial charge on any atom is 0.390 e. The van der Waals surface area contributed by atoms with E-state index in [4.69, 9.17) is 4.74 Å². The molecule has 0 radical (unpaired) electrons. The summed E-state index contributed by atoms with van der Waals surface area (Å²) in [4.78, 5) is 0. The fourth-order valence-electron chi connectivity index (χ4n) is 2.07. The predicted molar refractivity (Wildman–Crippen MR) is 60.9 cm³/mol. The van der Waals surface area contributed by atoms with E-state index in [2.05, 4.69) is 5.32 Å². The number of alkyl halides is 3. The van der Waals surface area contributed by atoms with Gasteiger partial charge in [-0.05, 0) is 31.7 Å². The third kappa shape index (κ3) is 8.44. The highest BCUT2D eigenvalue weighted by molar-refractivity contribution is 4.64. The van der Waals surface area contributed by atoms with Crippen molar-refractivity contribution in [1.82, 2.24) is 5.32 Å². The molecule has 1 heterocycles. The van der Waals surface area contributed by atoms with Gasteiger partial charge in [-0.3, -0.25) is 0 Å². The molecule has 0 atom stereocenters. The van der Waals surface area contributed by atoms with Gasteiger partial charge in [-0.25, -0.2) is 0 Å². The second-order valence-electron chi connectivity index (χ2n) is 4.67. The average Bonchev–Trinajstić information content (AvgIpc) is 2.28. The van der Waals surface area contributed by atoms with E-state index in [0.29, 0.717) is 6.54 Å². The third-order valence-electron chi connectivity index (χ3n) is 3.14. The van der Waals surface area contributed by atoms with Crippen LogP contribution in [0.1, 0.15) is 38.5 Å². The summed E-state index contributed by atoms with van der Waals surface area (Å²) in [5.74, 6) is 0.763. The third-order valence-corrected chi connectivity index (χ3v) is 3.14. The van der Waals surface area contributed by atoms with Gasteiger partial charge in [0, 0.05) is 19.8 Å². The zero-order chi connectivity index (χ0) is 12.6. The van der Waals surface area contributed by atoms with Crippen molar-refractivity contribution in [2.75, 3.05) is 26.3 Å². The van der Waals surface area contributed by atoms with E-state index in [0.717, 1.165) is 44.8 Å². The lowest BCUT2D eigenvalue weighted by molar-refractivity contribution is -0.133. The lowest BCUT2D eigenvalue weighted by atomic mass is 9.94. The van der Waals surface area contributed by atoms with Crippen LogP contribution in [-0.4, -0.2) is 32.5 Å². The minimum absolute atomic E-state index is 0.0424. The molecule has 0 aromatic heterocycles. The number of ether oxygens (including phenoxy) is 1. The van der Waals surface area contributed by atoms with Crippen LogP contribution >= 0.6 is 0 Å². The molecule has 102 valence electrons. The molecule has 5 heteroatoms. The van der Waals surface area contributed by atoms with Gasteiger partial charge in [0.1, 0.15) is 0 Å². The number of halogens is 3. The molecule has 1 fully saturated rings. The Morgan fingerprint density at radius 2 is 1.76 bits per heavy atom. The van der Waals surface area contributed by atoms with Crippen LogP contribution < -0.4 is 5.32 Å². The molecule has 0 bridgehead atoms. The maximum atomic E-state index is 11.8. The lowest BCUT2D eigenvalue weighted by Crippen LogP contribution is -2.22. The summed E-state index contributed by atoms with van der Waals surface area (Å²) in [6.45, 7) is 2.48. The minimum atomic E-state index is -4.03. The van der Waals surface area contributed by atoms with Crippen LogP contribution in [0.25, 0.3) is 0 Å². The number of hydrogen-bond donors (Lipinski definition) is 1. The van der Waals surface area contributed by atoms with Crippen LogP contribution in [0.2, 0.25) is 0 Å². The standard InChI is InChI=1S/C12H22F3NO/c13-12(14,15)6-8-16-7-2-1-3-11-4-9-17-10-5-11/h11,16H,1-10H2. The predicted octanol–water partition coefficient (Wildman–Crippen LogP) is 3.13. The van der Waals surface area contributed by atoms with Gasteiger partial charge in [0.15, 0.2) is 0 Å². The molecule has 1 aliphatic rings. The van der Waals surface area contributed by atoms with Crippen molar-refractivity contribution in [3.05, 3.63) is 0 Å². The molecule has 2 nitrogen and oxygen atoms in total. The fraction of sp³-hybridized carbons (Fsp3) is 1.00. The Morgan fingerprint density at radius 3 is 2.41 bits per heavy atom. The first kappa shape index (κ1) is 14.8. The molecule has 17 heavy (non-hydrogen) atoms. The molecule has 1 N–H and O–H groups in total. The molecule has 0 aromatic carbocycles. The first-order valence-corrected chi connectivity index (χ1v) is 6.43. The molecule has 1 saturated heterocycles. The van der Waals surface area contributed by atoms with Crippen molar-refractivity contribution in [3.63, 3.8) is 0 Å². The van der Waals surface area contributed by atoms with Crippen LogP contribution in [-0.2, 0) is 4.74 Å². The zero-order valence-electron chi connectivity index (χ0n) is 10.2. The molecular formula is C12H22F3NO. The number of nitrogens with one attached hydrogen (secondary N) is 1. The number of hydrogen-bond acceptors (Lipinski definition) is 2. The molecule has 1 rings (SSSR count). The fourth-order valence-corrected chi connectivity index (χ4v) is 2.07. The van der Waals surface area contributed by atoms with E-state index < -0.39 is 12.6 Å². The Kier molecular flexibility index (Phi) is 6.89. The molecule has 0 unspecified atom stereocenters. The van der Waals surface area contributed by atoms with E-state index in [9.17, 15) is 13.2 Å². The Bertz CT molecular complexity index is 191. The lowest BCUT2D eigenvalue weighted by Gasteiger charge is -2.21. The van der Waals surface area contributed by atoms with E-state index in [1.807, 2.05) is 0 Å². The van der Waals surface area contributed by atoms with E-state index in [-0.39, 0.29) is 6.54 Å². The van der Waals surface area contributed by atoms with Crippen LogP contribution in [0, 0.1) is 5.92 Å². The quantitative estimate of drug-likeness (QED) is 0.704. The highest BCUT2D eigenvalue weighted by atomic mass is 19.4. The maximum absolute atomic E-state index is 11.8. The second-order valence-corrected chi connectivity index (χ2v) is 4.67. The van der Waals surface area contributed by atoms with Gasteiger partial charge in [-0.2, -0.15) is 13.2 Å². The number of rotatable bonds is 7. The molecular weight excluding hydrogens is 231 g/mol. The Labute approximate surface area is 101 Å². The van der Waals surface area contributed by atoms with E-state index >= 15 is 0 Å². The molecule has 0 saturated carbocycles. The van der Waals surface area contributed by atoms with Crippen molar-refractivity contribution in [2.24, 2.45) is 5.92 Å². The summed E-state index contributed by atoms with van der Waals surface area (Å²) in [7, 11) is 0. The SMILES string of the molecule is FC(F)(F)CCNCCCCC1CCOCC1. The molecule has 0 aromatic rings. The summed E-state index contributed by atoms with van der Waals surface area (Å²) in [6, 6.07) is 0. The summed E-state index contributed by atoms with van der Waals surface area (Å²) in [6.07, 6.45) is 0.772. The van der Waals surface area contributed by atoms with E-state index in [1.165, 1.54) is 6.42 Å².